The molecule has 2 aromatic rings. The number of hydrogen-bond donors (Lipinski definition) is 2. The van der Waals surface area contributed by atoms with Crippen molar-refractivity contribution in [2.24, 2.45) is 4.99 Å². The fourth-order valence-corrected chi connectivity index (χ4v) is 3.28. The maximum Gasteiger partial charge on any atom is 0.191 e. The average Bonchev–Trinajstić information content (AvgIpc) is 2.92. The lowest BCUT2D eigenvalue weighted by Gasteiger charge is -2.18. The first-order valence-electron chi connectivity index (χ1n) is 8.26. The maximum absolute atomic E-state index is 13.1. The van der Waals surface area contributed by atoms with Gasteiger partial charge in [0, 0.05) is 25.1 Å². The summed E-state index contributed by atoms with van der Waals surface area (Å²) in [7, 11) is 1.64. The van der Waals surface area contributed by atoms with Crippen molar-refractivity contribution in [1.29, 1.82) is 0 Å². The van der Waals surface area contributed by atoms with E-state index < -0.39 is 0 Å². The van der Waals surface area contributed by atoms with Crippen molar-refractivity contribution in [3.63, 3.8) is 0 Å². The molecule has 0 saturated carbocycles. The minimum atomic E-state index is -0.253. The van der Waals surface area contributed by atoms with Gasteiger partial charge in [-0.2, -0.15) is 0 Å². The Morgan fingerprint density at radius 2 is 2.00 bits per heavy atom. The van der Waals surface area contributed by atoms with E-state index in [1.807, 2.05) is 20.8 Å². The number of nitrogens with one attached hydrogen (secondary N) is 2. The predicted molar refractivity (Wildman–Crippen MR) is 101 cm³/mol. The lowest BCUT2D eigenvalue weighted by atomic mass is 10.1. The summed E-state index contributed by atoms with van der Waals surface area (Å²) in [5.41, 5.74) is 1.95. The zero-order valence-corrected chi connectivity index (χ0v) is 15.9. The predicted octanol–water partition coefficient (Wildman–Crippen LogP) is 3.34. The van der Waals surface area contributed by atoms with Crippen LogP contribution in [-0.4, -0.2) is 31.1 Å². The van der Waals surface area contributed by atoms with Crippen LogP contribution < -0.4 is 10.6 Å². The second-order valence-electron chi connectivity index (χ2n) is 5.59. The van der Waals surface area contributed by atoms with Crippen LogP contribution in [0.5, 0.6) is 0 Å². The van der Waals surface area contributed by atoms with Crippen LogP contribution in [-0.2, 0) is 11.3 Å². The number of aromatic nitrogens is 1. The largest absolute Gasteiger partial charge is 0.375 e. The van der Waals surface area contributed by atoms with Gasteiger partial charge in [0.2, 0.25) is 0 Å². The molecule has 1 aromatic heterocycles. The number of aliphatic imine (C=N–C) groups is 1. The van der Waals surface area contributed by atoms with E-state index in [2.05, 4.69) is 20.6 Å². The highest BCUT2D eigenvalue weighted by molar-refractivity contribution is 7.11. The minimum absolute atomic E-state index is 0.183. The molecule has 5 nitrogen and oxygen atoms in total. The maximum atomic E-state index is 13.1. The summed E-state index contributed by atoms with van der Waals surface area (Å²) in [5.74, 6) is 0.466. The number of thiazole rings is 1. The zero-order valence-electron chi connectivity index (χ0n) is 15.1. The number of benzene rings is 1. The molecule has 1 aromatic carbocycles. The van der Waals surface area contributed by atoms with Crippen molar-refractivity contribution < 1.29 is 9.13 Å². The number of ether oxygens (including phenoxy) is 1. The van der Waals surface area contributed by atoms with E-state index in [-0.39, 0.29) is 11.9 Å². The fraction of sp³-hybridized carbons (Fsp3) is 0.444. The summed E-state index contributed by atoms with van der Waals surface area (Å²) < 4.78 is 18.6. The number of hydrogen-bond acceptors (Lipinski definition) is 4. The van der Waals surface area contributed by atoms with E-state index in [9.17, 15) is 4.39 Å². The molecule has 7 heteroatoms. The summed E-state index contributed by atoms with van der Waals surface area (Å²) in [6.07, 6.45) is -0.183. The number of rotatable bonds is 7. The molecule has 0 bridgehead atoms. The molecule has 136 valence electrons. The standard InChI is InChI=1S/C18H25FN4OS/c1-5-20-18(22-11-17-12(2)23-13(3)25-17)21-10-16(24-4)14-6-8-15(19)9-7-14/h6-9,16H,5,10-11H2,1-4H3,(H2,20,21,22). The fourth-order valence-electron chi connectivity index (χ4n) is 2.42. The third-order valence-corrected chi connectivity index (χ3v) is 4.76. The molecule has 0 saturated heterocycles. The molecule has 0 spiro atoms. The van der Waals surface area contributed by atoms with Gasteiger partial charge in [-0.25, -0.2) is 14.4 Å². The van der Waals surface area contributed by atoms with E-state index in [0.29, 0.717) is 13.1 Å². The van der Waals surface area contributed by atoms with Crippen LogP contribution in [0.1, 0.15) is 34.2 Å². The third kappa shape index (κ3) is 5.79. The first kappa shape index (κ1) is 19.3. The summed E-state index contributed by atoms with van der Waals surface area (Å²) in [6, 6.07) is 6.35. The van der Waals surface area contributed by atoms with E-state index in [0.717, 1.165) is 33.6 Å². The van der Waals surface area contributed by atoms with E-state index in [4.69, 9.17) is 4.74 Å². The van der Waals surface area contributed by atoms with E-state index >= 15 is 0 Å². The van der Waals surface area contributed by atoms with Gasteiger partial charge in [-0.15, -0.1) is 11.3 Å². The molecule has 1 atom stereocenters. The van der Waals surface area contributed by atoms with Gasteiger partial charge in [0.1, 0.15) is 5.82 Å². The van der Waals surface area contributed by atoms with Gasteiger partial charge in [0.15, 0.2) is 5.96 Å². The van der Waals surface area contributed by atoms with Gasteiger partial charge in [-0.3, -0.25) is 0 Å². The van der Waals surface area contributed by atoms with Crippen molar-refractivity contribution in [3.8, 4) is 0 Å². The molecule has 1 heterocycles. The molecule has 0 aliphatic carbocycles. The van der Waals surface area contributed by atoms with Crippen LogP contribution in [0.2, 0.25) is 0 Å². The van der Waals surface area contributed by atoms with Gasteiger partial charge >= 0.3 is 0 Å². The van der Waals surface area contributed by atoms with E-state index in [1.54, 1.807) is 30.6 Å². The normalized spacial score (nSPS) is 12.9. The molecular formula is C18H25FN4OS. The topological polar surface area (TPSA) is 58.5 Å². The lowest BCUT2D eigenvalue weighted by Crippen LogP contribution is -2.39. The number of methoxy groups -OCH3 is 1. The Morgan fingerprint density at radius 1 is 1.28 bits per heavy atom. The monoisotopic (exact) mass is 364 g/mol. The van der Waals surface area contributed by atoms with Gasteiger partial charge < -0.3 is 15.4 Å². The average molecular weight is 364 g/mol. The van der Waals surface area contributed by atoms with Crippen molar-refractivity contribution in [3.05, 3.63) is 51.2 Å². The van der Waals surface area contributed by atoms with Crippen LogP contribution in [0, 0.1) is 19.7 Å². The molecular weight excluding hydrogens is 339 g/mol. The minimum Gasteiger partial charge on any atom is -0.375 e. The Hall–Kier alpha value is -1.99. The van der Waals surface area contributed by atoms with Crippen LogP contribution in [0.4, 0.5) is 4.39 Å². The van der Waals surface area contributed by atoms with Gasteiger partial charge in [0.25, 0.3) is 0 Å². The summed E-state index contributed by atoms with van der Waals surface area (Å²) >= 11 is 1.67. The Labute approximate surface area is 152 Å². The highest BCUT2D eigenvalue weighted by Crippen LogP contribution is 2.18. The molecule has 0 radical (unpaired) electrons. The van der Waals surface area contributed by atoms with E-state index in [1.165, 1.54) is 12.1 Å². The summed E-state index contributed by atoms with van der Waals surface area (Å²) in [5, 5.41) is 7.56. The molecule has 1 unspecified atom stereocenters. The van der Waals surface area contributed by atoms with Crippen LogP contribution in [0.3, 0.4) is 0 Å². The van der Waals surface area contributed by atoms with Crippen LogP contribution in [0.15, 0.2) is 29.3 Å². The molecule has 25 heavy (non-hydrogen) atoms. The number of nitrogens with zero attached hydrogens (tertiary/aromatic N) is 2. The highest BCUT2D eigenvalue weighted by Gasteiger charge is 2.12. The van der Waals surface area contributed by atoms with Crippen molar-refractivity contribution >= 4 is 17.3 Å². The molecule has 2 rings (SSSR count). The Bertz CT molecular complexity index is 700. The van der Waals surface area contributed by atoms with Crippen LogP contribution in [0.25, 0.3) is 0 Å². The van der Waals surface area contributed by atoms with Crippen molar-refractivity contribution in [2.45, 2.75) is 33.4 Å². The van der Waals surface area contributed by atoms with Crippen LogP contribution >= 0.6 is 11.3 Å². The molecule has 0 amide bonds. The number of aryl methyl sites for hydroxylation is 2. The first-order chi connectivity index (χ1) is 12.0. The van der Waals surface area contributed by atoms with Crippen molar-refractivity contribution in [1.82, 2.24) is 15.6 Å². The zero-order chi connectivity index (χ0) is 18.2. The Morgan fingerprint density at radius 3 is 2.56 bits per heavy atom. The molecule has 2 N–H and O–H groups in total. The van der Waals surface area contributed by atoms with Gasteiger partial charge in [-0.05, 0) is 38.5 Å². The lowest BCUT2D eigenvalue weighted by molar-refractivity contribution is 0.106. The SMILES string of the molecule is CCNC(=NCc1sc(C)nc1C)NCC(OC)c1ccc(F)cc1. The van der Waals surface area contributed by atoms with Crippen molar-refractivity contribution in [2.75, 3.05) is 20.2 Å². The van der Waals surface area contributed by atoms with Gasteiger partial charge in [-0.1, -0.05) is 12.1 Å². The quantitative estimate of drug-likeness (QED) is 0.584. The second-order valence-corrected chi connectivity index (χ2v) is 6.88. The summed E-state index contributed by atoms with van der Waals surface area (Å²) in [6.45, 7) is 7.91. The highest BCUT2D eigenvalue weighted by atomic mass is 32.1. The number of guanidine groups is 1. The molecule has 0 aliphatic rings. The Balaban J connectivity index is 2.00. The molecule has 0 aliphatic heterocycles. The van der Waals surface area contributed by atoms with Gasteiger partial charge in [0.05, 0.1) is 23.4 Å². The number of halogens is 1. The first-order valence-corrected chi connectivity index (χ1v) is 9.08. The second kappa shape index (κ2) is 9.48. The summed E-state index contributed by atoms with van der Waals surface area (Å²) in [4.78, 5) is 10.2. The molecule has 0 fully saturated rings. The smallest absolute Gasteiger partial charge is 0.191 e. The Kier molecular flexibility index (Phi) is 7.33. The third-order valence-electron chi connectivity index (χ3n) is 3.71.